The summed E-state index contributed by atoms with van der Waals surface area (Å²) in [6.45, 7) is 13.9. The van der Waals surface area contributed by atoms with Gasteiger partial charge in [-0.3, -0.25) is 19.4 Å². The summed E-state index contributed by atoms with van der Waals surface area (Å²) in [4.78, 5) is 32.7. The van der Waals surface area contributed by atoms with Crippen molar-refractivity contribution >= 4 is 11.8 Å². The Balaban J connectivity index is 1.70. The monoisotopic (exact) mass is 340 g/mol. The maximum atomic E-state index is 12.4. The fraction of sp³-hybridized carbons (Fsp3) is 0.882. The summed E-state index contributed by atoms with van der Waals surface area (Å²) in [7, 11) is 0. The number of morpholine rings is 1. The summed E-state index contributed by atoms with van der Waals surface area (Å²) in [6.07, 6.45) is 0.130. The number of hydrogen-bond donors (Lipinski definition) is 0. The van der Waals surface area contributed by atoms with Crippen molar-refractivity contribution in [1.29, 1.82) is 0 Å². The van der Waals surface area contributed by atoms with Gasteiger partial charge in [0, 0.05) is 52.4 Å². The Morgan fingerprint density at radius 3 is 2.12 bits per heavy atom. The molecule has 2 aliphatic rings. The van der Waals surface area contributed by atoms with Gasteiger partial charge in [0.25, 0.3) is 0 Å². The third-order valence-corrected chi connectivity index (χ3v) is 4.89. The topological polar surface area (TPSA) is 56.3 Å². The number of ether oxygens (including phenoxy) is 1. The molecule has 0 aliphatic carbocycles. The smallest absolute Gasteiger partial charge is 0.236 e. The van der Waals surface area contributed by atoms with Gasteiger partial charge in [0.05, 0.1) is 25.8 Å². The van der Waals surface area contributed by atoms with Crippen LogP contribution in [0.2, 0.25) is 0 Å². The molecular formula is C17H32N4O3. The molecule has 0 aromatic rings. The van der Waals surface area contributed by atoms with Crippen LogP contribution in [0.3, 0.4) is 0 Å². The van der Waals surface area contributed by atoms with E-state index in [1.165, 1.54) is 0 Å². The van der Waals surface area contributed by atoms with Gasteiger partial charge in [-0.25, -0.2) is 0 Å². The minimum atomic E-state index is 0.130. The van der Waals surface area contributed by atoms with Gasteiger partial charge in [0.1, 0.15) is 0 Å². The molecule has 0 spiro atoms. The largest absolute Gasteiger partial charge is 0.375 e. The molecule has 7 heteroatoms. The average Bonchev–Trinajstić information content (AvgIpc) is 2.57. The standard InChI is InChI=1S/C17H32N4O3/c1-4-20(5-2)16(22)13-18-6-8-19(9-7-18)14-17(23)21-10-11-24-15(3)12-21/h15H,4-14H2,1-3H3. The highest BCUT2D eigenvalue weighted by atomic mass is 16.5. The zero-order chi connectivity index (χ0) is 17.5. The zero-order valence-corrected chi connectivity index (χ0v) is 15.4. The summed E-state index contributed by atoms with van der Waals surface area (Å²) in [5.41, 5.74) is 0. The molecular weight excluding hydrogens is 308 g/mol. The molecule has 2 saturated heterocycles. The van der Waals surface area contributed by atoms with Crippen LogP contribution in [0.25, 0.3) is 0 Å². The zero-order valence-electron chi connectivity index (χ0n) is 15.4. The summed E-state index contributed by atoms with van der Waals surface area (Å²) >= 11 is 0. The molecule has 2 heterocycles. The SMILES string of the molecule is CCN(CC)C(=O)CN1CCN(CC(=O)N2CCOC(C)C2)CC1. The first kappa shape index (κ1) is 19.1. The molecule has 2 rings (SSSR count). The Morgan fingerprint density at radius 2 is 1.58 bits per heavy atom. The molecule has 138 valence electrons. The lowest BCUT2D eigenvalue weighted by Crippen LogP contribution is -2.53. The van der Waals surface area contributed by atoms with Gasteiger partial charge < -0.3 is 14.5 Å². The van der Waals surface area contributed by atoms with E-state index in [2.05, 4.69) is 9.80 Å². The quantitative estimate of drug-likeness (QED) is 0.666. The second kappa shape index (κ2) is 9.34. The van der Waals surface area contributed by atoms with Crippen molar-refractivity contribution in [2.45, 2.75) is 26.9 Å². The van der Waals surface area contributed by atoms with E-state index in [-0.39, 0.29) is 17.9 Å². The molecule has 0 radical (unpaired) electrons. The molecule has 24 heavy (non-hydrogen) atoms. The van der Waals surface area contributed by atoms with E-state index in [0.717, 1.165) is 39.3 Å². The van der Waals surface area contributed by atoms with Gasteiger partial charge in [-0.15, -0.1) is 0 Å². The highest BCUT2D eigenvalue weighted by Gasteiger charge is 2.26. The Morgan fingerprint density at radius 1 is 1.00 bits per heavy atom. The van der Waals surface area contributed by atoms with E-state index in [1.54, 1.807) is 0 Å². The molecule has 7 nitrogen and oxygen atoms in total. The Labute approximate surface area is 145 Å². The average molecular weight is 340 g/mol. The van der Waals surface area contributed by atoms with Gasteiger partial charge >= 0.3 is 0 Å². The van der Waals surface area contributed by atoms with Crippen molar-refractivity contribution in [2.24, 2.45) is 0 Å². The van der Waals surface area contributed by atoms with Crippen molar-refractivity contribution in [3.63, 3.8) is 0 Å². The van der Waals surface area contributed by atoms with Crippen molar-refractivity contribution in [2.75, 3.05) is 72.1 Å². The first-order valence-corrected chi connectivity index (χ1v) is 9.15. The molecule has 1 unspecified atom stereocenters. The Kier molecular flexibility index (Phi) is 7.45. The number of carbonyl (C=O) groups is 2. The van der Waals surface area contributed by atoms with E-state index < -0.39 is 0 Å². The van der Waals surface area contributed by atoms with Crippen LogP contribution in [0.5, 0.6) is 0 Å². The van der Waals surface area contributed by atoms with Gasteiger partial charge in [0.2, 0.25) is 11.8 Å². The van der Waals surface area contributed by atoms with Crippen LogP contribution >= 0.6 is 0 Å². The van der Waals surface area contributed by atoms with Crippen molar-refractivity contribution in [1.82, 2.24) is 19.6 Å². The second-order valence-electron chi connectivity index (χ2n) is 6.64. The number of carbonyl (C=O) groups excluding carboxylic acids is 2. The van der Waals surface area contributed by atoms with Gasteiger partial charge in [-0.1, -0.05) is 0 Å². The lowest BCUT2D eigenvalue weighted by atomic mass is 10.2. The minimum Gasteiger partial charge on any atom is -0.375 e. The van der Waals surface area contributed by atoms with E-state index in [1.807, 2.05) is 30.6 Å². The van der Waals surface area contributed by atoms with Crippen LogP contribution in [0.4, 0.5) is 0 Å². The van der Waals surface area contributed by atoms with Crippen molar-refractivity contribution < 1.29 is 14.3 Å². The van der Waals surface area contributed by atoms with Crippen LogP contribution in [0.1, 0.15) is 20.8 Å². The van der Waals surface area contributed by atoms with Crippen LogP contribution in [0.15, 0.2) is 0 Å². The van der Waals surface area contributed by atoms with Crippen molar-refractivity contribution in [3.05, 3.63) is 0 Å². The normalized spacial score (nSPS) is 23.3. The molecule has 0 aromatic heterocycles. The predicted octanol–water partition coefficient (Wildman–Crippen LogP) is -0.280. The van der Waals surface area contributed by atoms with Gasteiger partial charge in [-0.2, -0.15) is 0 Å². The molecule has 2 aliphatic heterocycles. The summed E-state index contributed by atoms with van der Waals surface area (Å²) in [6, 6.07) is 0. The van der Waals surface area contributed by atoms with Gasteiger partial charge in [0.15, 0.2) is 0 Å². The number of likely N-dealkylation sites (N-methyl/N-ethyl adjacent to an activating group) is 1. The summed E-state index contributed by atoms with van der Waals surface area (Å²) in [5, 5.41) is 0. The van der Waals surface area contributed by atoms with E-state index >= 15 is 0 Å². The molecule has 1 atom stereocenters. The second-order valence-corrected chi connectivity index (χ2v) is 6.64. The lowest BCUT2D eigenvalue weighted by molar-refractivity contribution is -0.140. The minimum absolute atomic E-state index is 0.130. The number of nitrogens with zero attached hydrogens (tertiary/aromatic N) is 4. The molecule has 0 saturated carbocycles. The van der Waals surface area contributed by atoms with E-state index in [4.69, 9.17) is 4.74 Å². The highest BCUT2D eigenvalue weighted by molar-refractivity contribution is 5.79. The first-order valence-electron chi connectivity index (χ1n) is 9.15. The Bertz CT molecular complexity index is 420. The van der Waals surface area contributed by atoms with Crippen LogP contribution < -0.4 is 0 Å². The van der Waals surface area contributed by atoms with Crippen LogP contribution in [-0.2, 0) is 14.3 Å². The Hall–Kier alpha value is -1.18. The maximum Gasteiger partial charge on any atom is 0.236 e. The molecule has 2 amide bonds. The molecule has 2 fully saturated rings. The maximum absolute atomic E-state index is 12.4. The molecule has 0 N–H and O–H groups in total. The number of hydrogen-bond acceptors (Lipinski definition) is 5. The third-order valence-electron chi connectivity index (χ3n) is 4.89. The number of amides is 2. The molecule has 0 bridgehead atoms. The summed E-state index contributed by atoms with van der Waals surface area (Å²) < 4.78 is 5.49. The number of piperazine rings is 1. The fourth-order valence-corrected chi connectivity index (χ4v) is 3.31. The van der Waals surface area contributed by atoms with Gasteiger partial charge in [-0.05, 0) is 20.8 Å². The number of rotatable bonds is 6. The predicted molar refractivity (Wildman–Crippen MR) is 92.8 cm³/mol. The molecule has 0 aromatic carbocycles. The van der Waals surface area contributed by atoms with Crippen molar-refractivity contribution in [3.8, 4) is 0 Å². The highest BCUT2D eigenvalue weighted by Crippen LogP contribution is 2.07. The third kappa shape index (κ3) is 5.43. The van der Waals surface area contributed by atoms with Crippen LogP contribution in [0, 0.1) is 0 Å². The van der Waals surface area contributed by atoms with Crippen LogP contribution in [-0.4, -0.2) is 110 Å². The first-order chi connectivity index (χ1) is 11.5. The summed E-state index contributed by atoms with van der Waals surface area (Å²) in [5.74, 6) is 0.393. The van der Waals surface area contributed by atoms with E-state index in [0.29, 0.717) is 32.8 Å². The fourth-order valence-electron chi connectivity index (χ4n) is 3.31. The lowest BCUT2D eigenvalue weighted by Gasteiger charge is -2.37. The van der Waals surface area contributed by atoms with E-state index in [9.17, 15) is 9.59 Å².